The number of halogens is 12. The molecule has 0 saturated heterocycles. The van der Waals surface area contributed by atoms with Gasteiger partial charge >= 0.3 is 74.9 Å². The van der Waals surface area contributed by atoms with Crippen molar-refractivity contribution < 1.29 is 165 Å². The number of hydrogen-bond acceptors (Lipinski definition) is 20. The van der Waals surface area contributed by atoms with Crippen LogP contribution < -0.4 is 63.7 Å². The molecule has 4 heterocycles. The maximum absolute atomic E-state index is 11.5. The first kappa shape index (κ1) is 125. The monoisotopic (exact) mass is 2240 g/mol. The third-order valence-corrected chi connectivity index (χ3v) is 28.7. The maximum Gasteiger partial charge on any atom is 2.00 e. The second-order valence-corrected chi connectivity index (χ2v) is 42.1. The molecular formula is C90H96F12N8O16P4Pd2S4. The summed E-state index contributed by atoms with van der Waals surface area (Å²) in [5.74, 6) is 0. The van der Waals surface area contributed by atoms with E-state index in [1.807, 2.05) is 48.5 Å². The summed E-state index contributed by atoms with van der Waals surface area (Å²) in [5, 5.41) is 39.1. The number of alkyl halides is 12. The number of carbonyl (C=O) groups excluding carboxylic acids is 2. The van der Waals surface area contributed by atoms with Crippen molar-refractivity contribution in [1.82, 2.24) is 41.2 Å². The van der Waals surface area contributed by atoms with Crippen molar-refractivity contribution >= 4 is 127 Å². The quantitative estimate of drug-likeness (QED) is 0.0108. The fraction of sp³-hybridized carbons (Fsp3) is 0.222. The second-order valence-electron chi connectivity index (χ2n) is 27.3. The number of hydrogen-bond donors (Lipinski definition) is 6. The van der Waals surface area contributed by atoms with Crippen LogP contribution in [0.15, 0.2) is 341 Å². The molecule has 46 heteroatoms. The molecule has 0 aliphatic carbocycles. The van der Waals surface area contributed by atoms with E-state index in [0.717, 1.165) is 22.3 Å². The van der Waals surface area contributed by atoms with Crippen LogP contribution in [0.4, 0.5) is 62.3 Å². The van der Waals surface area contributed by atoms with Crippen molar-refractivity contribution in [3.8, 4) is 0 Å². The zero-order chi connectivity index (χ0) is 99.9. The number of aromatic nitrogens is 4. The van der Waals surface area contributed by atoms with Crippen LogP contribution in [0.5, 0.6) is 0 Å². The van der Waals surface area contributed by atoms with Crippen LogP contribution >= 0.6 is 31.7 Å². The summed E-state index contributed by atoms with van der Waals surface area (Å²) < 4.78 is 236. The Bertz CT molecular complexity index is 4850. The Morgan fingerprint density at radius 3 is 0.485 bits per heavy atom. The van der Waals surface area contributed by atoms with E-state index in [0.29, 0.717) is 26.2 Å². The number of aliphatic hydroxyl groups excluding tert-OH is 2. The van der Waals surface area contributed by atoms with E-state index in [1.54, 1.807) is 77.3 Å². The molecule has 0 radical (unpaired) electrons. The summed E-state index contributed by atoms with van der Waals surface area (Å²) >= 11 is 0. The molecular weight excluding hydrogens is 2140 g/mol. The van der Waals surface area contributed by atoms with Gasteiger partial charge in [-0.15, -0.1) is 0 Å². The topological polar surface area (TPSA) is 403 Å². The van der Waals surface area contributed by atoms with E-state index in [1.165, 1.54) is 79.9 Å². The van der Waals surface area contributed by atoms with Crippen molar-refractivity contribution in [3.05, 3.63) is 363 Å². The summed E-state index contributed by atoms with van der Waals surface area (Å²) in [6.07, 6.45) is 20.7. The van der Waals surface area contributed by atoms with E-state index < -0.39 is 62.5 Å². The number of urea groups is 2. The van der Waals surface area contributed by atoms with Crippen molar-refractivity contribution in [2.75, 3.05) is 24.6 Å². The Hall–Kier alpha value is -9.34. The molecule has 0 aliphatic rings. The average molecular weight is 2240 g/mol. The van der Waals surface area contributed by atoms with Crippen LogP contribution in [0.25, 0.3) is 0 Å². The molecule has 0 atom stereocenters. The van der Waals surface area contributed by atoms with E-state index in [2.05, 4.69) is 284 Å². The van der Waals surface area contributed by atoms with Crippen molar-refractivity contribution in [3.63, 3.8) is 0 Å². The normalized spacial score (nSPS) is 11.1. The fourth-order valence-corrected chi connectivity index (χ4v) is 20.0. The predicted octanol–water partition coefficient (Wildman–Crippen LogP) is 15.2. The van der Waals surface area contributed by atoms with Gasteiger partial charge in [-0.05, 0) is 210 Å². The number of nitrogens with zero attached hydrogens (tertiary/aromatic N) is 4. The number of carbonyl (C=O) groups is 2. The average Bonchev–Trinajstić information content (AvgIpc) is 0.836. The standard InChI is InChI=1S/2C27H26P2.2C13H14N4O.2C3H8O.4CHF3O3S.2Pd/c2*1-5-14-24(15-6-1)28(25-16-7-2-8-17-25)22-13-23-29(26-18-9-3-10-19-26)27-20-11-4-12-21-27;2*18-13(16-9-11-1-5-14-6-2-11)17-10-12-3-7-15-8-4-12;2*1-3(2)4;4*2-1(3,4)8(5,6)7;;/h2*1-12,14-21H,13,22-23H2;2*1-8H,9-10H2,(H2,16,17,18);2*3-4H,1-2H3;4*(H,5,6,7);;/q;;;;;;;;;;2*+2/p-4. The first-order valence-corrected chi connectivity index (χ1v) is 51.3. The van der Waals surface area contributed by atoms with Gasteiger partial charge in [-0.1, -0.05) is 243 Å². The molecule has 0 fully saturated rings. The fourth-order valence-electron chi connectivity index (χ4n) is 10.1. The van der Waals surface area contributed by atoms with Gasteiger partial charge in [-0.2, -0.15) is 52.7 Å². The molecule has 0 bridgehead atoms. The number of nitrogens with one attached hydrogen (secondary N) is 4. The largest absolute Gasteiger partial charge is 2.00 e. The maximum atomic E-state index is 11.5. The zero-order valence-corrected chi connectivity index (χ0v) is 82.5. The van der Waals surface area contributed by atoms with Crippen molar-refractivity contribution in [1.29, 1.82) is 0 Å². The van der Waals surface area contributed by atoms with Gasteiger partial charge in [-0.3, -0.25) is 19.9 Å². The smallest absolute Gasteiger partial charge is 0.741 e. The summed E-state index contributed by atoms with van der Waals surface area (Å²) in [6, 6.07) is 103. The van der Waals surface area contributed by atoms with Crippen LogP contribution in [0.3, 0.4) is 0 Å². The number of benzene rings is 8. The second kappa shape index (κ2) is 65.5. The molecule has 740 valence electrons. The van der Waals surface area contributed by atoms with E-state index >= 15 is 0 Å². The summed E-state index contributed by atoms with van der Waals surface area (Å²) in [5.41, 5.74) is -18.5. The Balaban J connectivity index is 0.000000805. The number of amides is 4. The van der Waals surface area contributed by atoms with E-state index in [-0.39, 0.29) is 96.8 Å². The molecule has 0 aliphatic heterocycles. The van der Waals surface area contributed by atoms with E-state index in [9.17, 15) is 62.3 Å². The predicted molar refractivity (Wildman–Crippen MR) is 498 cm³/mol. The first-order chi connectivity index (χ1) is 63.0. The summed E-state index contributed by atoms with van der Waals surface area (Å²) in [4.78, 5) is 38.7. The van der Waals surface area contributed by atoms with Gasteiger partial charge in [0.25, 0.3) is 0 Å². The van der Waals surface area contributed by atoms with Crippen LogP contribution in [-0.2, 0) is 107 Å². The van der Waals surface area contributed by atoms with E-state index in [4.69, 9.17) is 62.1 Å². The molecule has 0 spiro atoms. The van der Waals surface area contributed by atoms with Crippen LogP contribution in [0.2, 0.25) is 0 Å². The number of rotatable bonds is 24. The Morgan fingerprint density at radius 2 is 0.382 bits per heavy atom. The molecule has 8 aromatic carbocycles. The molecule has 12 aromatic rings. The Labute approximate surface area is 815 Å². The number of pyridine rings is 4. The minimum Gasteiger partial charge on any atom is -0.741 e. The molecule has 6 N–H and O–H groups in total. The van der Waals surface area contributed by atoms with Gasteiger partial charge in [0.2, 0.25) is 0 Å². The third-order valence-electron chi connectivity index (χ3n) is 16.0. The molecule has 0 unspecified atom stereocenters. The Morgan fingerprint density at radius 1 is 0.272 bits per heavy atom. The molecule has 4 aromatic heterocycles. The first-order valence-electron chi connectivity index (χ1n) is 39.5. The van der Waals surface area contributed by atoms with Gasteiger partial charge in [0, 0.05) is 88.0 Å². The molecule has 12 rings (SSSR count). The zero-order valence-electron chi connectivity index (χ0n) is 72.5. The Kier molecular flexibility index (Phi) is 60.1. The molecule has 136 heavy (non-hydrogen) atoms. The van der Waals surface area contributed by atoms with Gasteiger partial charge < -0.3 is 49.7 Å². The van der Waals surface area contributed by atoms with Crippen molar-refractivity contribution in [2.45, 2.75) is 101 Å². The molecule has 4 amide bonds. The molecule has 24 nitrogen and oxygen atoms in total. The summed E-state index contributed by atoms with van der Waals surface area (Å²) in [6.45, 7) is 8.85. The van der Waals surface area contributed by atoms with Gasteiger partial charge in [0.15, 0.2) is 40.5 Å². The van der Waals surface area contributed by atoms with Crippen LogP contribution in [0, 0.1) is 0 Å². The minimum absolute atomic E-state index is 0. The van der Waals surface area contributed by atoms with Gasteiger partial charge in [-0.25, -0.2) is 43.3 Å². The van der Waals surface area contributed by atoms with Crippen LogP contribution in [-0.4, -0.2) is 153 Å². The van der Waals surface area contributed by atoms with Gasteiger partial charge in [0.05, 0.1) is 0 Å². The van der Waals surface area contributed by atoms with Gasteiger partial charge in [0.1, 0.15) is 0 Å². The summed E-state index contributed by atoms with van der Waals surface area (Å²) in [7, 11) is -25.6. The minimum atomic E-state index is -6.09. The van der Waals surface area contributed by atoms with Crippen molar-refractivity contribution in [2.24, 2.45) is 0 Å². The SMILES string of the molecule is CC(C)O.CC(C)O.O=C(NCc1ccncc1)NCc1ccncc1.O=C(NCc1ccncc1)NCc1ccncc1.O=S(=O)([O-])C(F)(F)F.O=S(=O)([O-])C(F)(F)F.O=S(=O)([O-])C(F)(F)F.O=S(=O)([O-])C(F)(F)F.[Pd+2].[Pd+2].c1ccc(P(CCCP(c2ccccc2)c2ccccc2)c2ccccc2)cc1.c1ccc(P(CCCP(c2ccccc2)c2ccccc2)c2ccccc2)cc1. The van der Waals surface area contributed by atoms with Crippen LogP contribution in [0.1, 0.15) is 62.8 Å². The number of aliphatic hydroxyl groups is 2. The third kappa shape index (κ3) is 54.7. The molecule has 0 saturated carbocycles.